The first-order valence-corrected chi connectivity index (χ1v) is 19.3. The lowest BCUT2D eigenvalue weighted by Gasteiger charge is -2.32. The van der Waals surface area contributed by atoms with Crippen molar-refractivity contribution in [1.82, 2.24) is 0 Å². The third-order valence-corrected chi connectivity index (χ3v) is 18.9. The summed E-state index contributed by atoms with van der Waals surface area (Å²) in [4.78, 5) is 0. The van der Waals surface area contributed by atoms with Crippen molar-refractivity contribution < 1.29 is 30.0 Å². The Hall–Kier alpha value is 0.804. The summed E-state index contributed by atoms with van der Waals surface area (Å²) in [7, 11) is -2.84. The lowest BCUT2D eigenvalue weighted by Crippen LogP contribution is -2.49. The summed E-state index contributed by atoms with van der Waals surface area (Å²) in [6.45, 7) is 10.4. The Morgan fingerprint density at radius 3 is 1.61 bits per heavy atom. The minimum absolute atomic E-state index is 0.663. The first-order chi connectivity index (χ1) is 10.7. The van der Waals surface area contributed by atoms with Crippen LogP contribution in [0.1, 0.15) is 0 Å². The van der Waals surface area contributed by atoms with Crippen molar-refractivity contribution in [2.24, 2.45) is 0 Å². The van der Waals surface area contributed by atoms with Crippen molar-refractivity contribution in [1.29, 1.82) is 0 Å². The van der Waals surface area contributed by atoms with Gasteiger partial charge in [0.1, 0.15) is 0 Å². The van der Waals surface area contributed by atoms with Gasteiger partial charge in [-0.3, -0.25) is 0 Å². The summed E-state index contributed by atoms with van der Waals surface area (Å²) in [5, 5.41) is 0. The van der Waals surface area contributed by atoms with Crippen LogP contribution in [0, 0.1) is 0 Å². The summed E-state index contributed by atoms with van der Waals surface area (Å²) in [5.74, 6) is 0. The van der Waals surface area contributed by atoms with Crippen LogP contribution in [0.15, 0.2) is 0 Å². The van der Waals surface area contributed by atoms with Crippen molar-refractivity contribution in [3.05, 3.63) is 0 Å². The van der Waals surface area contributed by atoms with Crippen LogP contribution in [0.4, 0.5) is 0 Å². The van der Waals surface area contributed by atoms with E-state index in [2.05, 4.69) is 19.6 Å². The van der Waals surface area contributed by atoms with Gasteiger partial charge < -0.3 is 30.0 Å². The van der Waals surface area contributed by atoms with E-state index in [9.17, 15) is 0 Å². The highest BCUT2D eigenvalue weighted by atomic mass is 28.5. The van der Waals surface area contributed by atoms with Gasteiger partial charge in [0.15, 0.2) is 9.04 Å². The number of hydrogen-bond acceptors (Lipinski definition) is 7. The molecule has 0 spiro atoms. The maximum atomic E-state index is 6.23. The highest BCUT2D eigenvalue weighted by molar-refractivity contribution is 6.76. The third-order valence-electron chi connectivity index (χ3n) is 3.51. The summed E-state index contributed by atoms with van der Waals surface area (Å²) >= 11 is 0. The molecule has 140 valence electrons. The Labute approximate surface area is 148 Å². The van der Waals surface area contributed by atoms with Gasteiger partial charge >= 0.3 is 17.4 Å². The van der Waals surface area contributed by atoms with E-state index < -0.39 is 45.0 Å². The molecule has 0 saturated heterocycles. The molecule has 0 aromatic rings. The molecule has 7 nitrogen and oxygen atoms in total. The molecule has 12 heteroatoms. The van der Waals surface area contributed by atoms with Gasteiger partial charge in [0.2, 0.25) is 0 Å². The van der Waals surface area contributed by atoms with E-state index in [1.165, 1.54) is 0 Å². The molecular formula is C11H34O7Si5. The lowest BCUT2D eigenvalue weighted by molar-refractivity contribution is 0.124. The molecule has 23 heavy (non-hydrogen) atoms. The Bertz CT molecular complexity index is 313. The van der Waals surface area contributed by atoms with Crippen LogP contribution in [0.25, 0.3) is 0 Å². The second kappa shape index (κ2) is 11.4. The minimum atomic E-state index is -2.61. The Morgan fingerprint density at radius 1 is 0.696 bits per heavy atom. The summed E-state index contributed by atoms with van der Waals surface area (Å²) in [6, 6.07) is 1.40. The first kappa shape index (κ1) is 23.8. The molecule has 0 amide bonds. The fraction of sp³-hybridized carbons (Fsp3) is 1.00. The fourth-order valence-electron chi connectivity index (χ4n) is 2.21. The van der Waals surface area contributed by atoms with Gasteiger partial charge in [-0.15, -0.1) is 0 Å². The normalized spacial score (nSPS) is 18.0. The molecule has 0 fully saturated rings. The molecule has 0 radical (unpaired) electrons. The molecule has 0 rings (SSSR count). The summed E-state index contributed by atoms with van der Waals surface area (Å²) in [5.41, 5.74) is 0. The second-order valence-corrected chi connectivity index (χ2v) is 19.5. The summed E-state index contributed by atoms with van der Waals surface area (Å²) in [6.07, 6.45) is 0. The monoisotopic (exact) mass is 418 g/mol. The van der Waals surface area contributed by atoms with Crippen molar-refractivity contribution in [2.75, 3.05) is 28.4 Å². The Kier molecular flexibility index (Phi) is 11.8. The molecule has 0 aliphatic rings. The average Bonchev–Trinajstić information content (AvgIpc) is 2.48. The van der Waals surface area contributed by atoms with Gasteiger partial charge in [-0.1, -0.05) is 0 Å². The molecule has 0 saturated carbocycles. The standard InChI is InChI=1S/C11H34O7Si5/c1-12-22(9,10-11-23(13-2,14-3)15-4)18-21(8)17-20(7)16-19(5)6/h19-21H,10-11H2,1-9H3. The lowest BCUT2D eigenvalue weighted by atomic mass is 10.9. The van der Waals surface area contributed by atoms with E-state index >= 15 is 0 Å². The van der Waals surface area contributed by atoms with Crippen molar-refractivity contribution in [3.8, 4) is 0 Å². The van der Waals surface area contributed by atoms with Crippen LogP contribution in [0.3, 0.4) is 0 Å². The van der Waals surface area contributed by atoms with Crippen molar-refractivity contribution in [2.45, 2.75) is 44.8 Å². The van der Waals surface area contributed by atoms with Crippen LogP contribution in [0.2, 0.25) is 44.8 Å². The Balaban J connectivity index is 4.59. The molecule has 0 aliphatic carbocycles. The summed E-state index contributed by atoms with van der Waals surface area (Å²) < 4.78 is 40.2. The topological polar surface area (TPSA) is 64.6 Å². The van der Waals surface area contributed by atoms with Gasteiger partial charge in [0.05, 0.1) is 0 Å². The predicted octanol–water partition coefficient (Wildman–Crippen LogP) is 1.32. The quantitative estimate of drug-likeness (QED) is 0.418. The second-order valence-electron chi connectivity index (χ2n) is 5.71. The first-order valence-electron chi connectivity index (χ1n) is 7.85. The molecule has 0 aliphatic heterocycles. The van der Waals surface area contributed by atoms with E-state index in [1.807, 2.05) is 13.1 Å². The fourth-order valence-corrected chi connectivity index (χ4v) is 17.0. The highest BCUT2D eigenvalue weighted by Gasteiger charge is 2.43. The van der Waals surface area contributed by atoms with Crippen molar-refractivity contribution >= 4 is 45.0 Å². The molecule has 0 N–H and O–H groups in total. The molecular weight excluding hydrogens is 385 g/mol. The zero-order chi connectivity index (χ0) is 18.1. The molecule has 3 unspecified atom stereocenters. The maximum Gasteiger partial charge on any atom is 0.500 e. The minimum Gasteiger partial charge on any atom is -0.442 e. The zero-order valence-corrected chi connectivity index (χ0v) is 21.5. The maximum absolute atomic E-state index is 6.23. The van der Waals surface area contributed by atoms with E-state index in [0.717, 1.165) is 6.04 Å². The Morgan fingerprint density at radius 2 is 1.22 bits per heavy atom. The van der Waals surface area contributed by atoms with Gasteiger partial charge in [0.25, 0.3) is 18.6 Å². The molecule has 0 heterocycles. The van der Waals surface area contributed by atoms with E-state index in [-0.39, 0.29) is 0 Å². The highest BCUT2D eigenvalue weighted by Crippen LogP contribution is 2.24. The third kappa shape index (κ3) is 9.17. The van der Waals surface area contributed by atoms with Crippen LogP contribution in [0.5, 0.6) is 0 Å². The molecule has 3 atom stereocenters. The van der Waals surface area contributed by atoms with E-state index in [1.54, 1.807) is 28.4 Å². The SMILES string of the molecule is CO[Si](C)(CC[Si](OC)(OC)OC)O[SiH](C)O[SiH](C)O[SiH](C)C. The van der Waals surface area contributed by atoms with E-state index in [0.29, 0.717) is 6.04 Å². The smallest absolute Gasteiger partial charge is 0.442 e. The van der Waals surface area contributed by atoms with Gasteiger partial charge in [-0.05, 0) is 38.8 Å². The van der Waals surface area contributed by atoms with Gasteiger partial charge in [-0.2, -0.15) is 0 Å². The predicted molar refractivity (Wildman–Crippen MR) is 103 cm³/mol. The van der Waals surface area contributed by atoms with Crippen LogP contribution in [-0.2, 0) is 30.0 Å². The van der Waals surface area contributed by atoms with Crippen LogP contribution in [-0.4, -0.2) is 73.4 Å². The van der Waals surface area contributed by atoms with Crippen LogP contribution < -0.4 is 0 Å². The van der Waals surface area contributed by atoms with Crippen molar-refractivity contribution in [3.63, 3.8) is 0 Å². The van der Waals surface area contributed by atoms with E-state index in [4.69, 9.17) is 30.0 Å². The molecule has 0 bridgehead atoms. The molecule has 0 aromatic heterocycles. The average molecular weight is 419 g/mol. The van der Waals surface area contributed by atoms with Gasteiger partial charge in [0, 0.05) is 34.5 Å². The zero-order valence-electron chi connectivity index (χ0n) is 16.0. The number of rotatable bonds is 13. The van der Waals surface area contributed by atoms with Crippen LogP contribution >= 0.6 is 0 Å². The van der Waals surface area contributed by atoms with Gasteiger partial charge in [-0.25, -0.2) is 0 Å². The number of hydrogen-bond donors (Lipinski definition) is 0. The molecule has 0 aromatic carbocycles. The largest absolute Gasteiger partial charge is 0.500 e.